The van der Waals surface area contributed by atoms with Crippen molar-refractivity contribution in [2.75, 3.05) is 0 Å². The van der Waals surface area contributed by atoms with Gasteiger partial charge in [0.25, 0.3) is 0 Å². The Morgan fingerprint density at radius 3 is 2.86 bits per heavy atom. The van der Waals surface area contributed by atoms with E-state index in [9.17, 15) is 4.79 Å². The number of unbranched alkanes of at least 4 members (excludes halogenated alkanes) is 5. The molecule has 0 atom stereocenters. The molecule has 0 aliphatic carbocycles. The molecule has 1 aromatic carbocycles. The fourth-order valence-electron chi connectivity index (χ4n) is 2.12. The molecule has 0 radical (unpaired) electrons. The Balaban J connectivity index is 2.40. The van der Waals surface area contributed by atoms with E-state index >= 15 is 0 Å². The highest BCUT2D eigenvalue weighted by molar-refractivity contribution is 5.66. The Morgan fingerprint density at radius 1 is 1.23 bits per heavy atom. The lowest BCUT2D eigenvalue weighted by molar-refractivity contribution is -0.137. The van der Waals surface area contributed by atoms with Crippen molar-refractivity contribution in [3.05, 3.63) is 41.5 Å². The van der Waals surface area contributed by atoms with E-state index < -0.39 is 5.97 Å². The van der Waals surface area contributed by atoms with Gasteiger partial charge in [0.1, 0.15) is 0 Å². The number of carbonyl (C=O) groups is 1. The van der Waals surface area contributed by atoms with Crippen molar-refractivity contribution in [2.45, 2.75) is 58.3 Å². The molecule has 118 valence electrons. The lowest BCUT2D eigenvalue weighted by Crippen LogP contribution is -1.92. The Labute approximate surface area is 134 Å². The van der Waals surface area contributed by atoms with Crippen LogP contribution >= 0.6 is 0 Å². The third kappa shape index (κ3) is 9.02. The van der Waals surface area contributed by atoms with Gasteiger partial charge in [0.05, 0.1) is 0 Å². The first-order valence-corrected chi connectivity index (χ1v) is 8.19. The van der Waals surface area contributed by atoms with Gasteiger partial charge in [-0.15, -0.1) is 0 Å². The number of carboxylic acids is 1. The number of benzene rings is 1. The van der Waals surface area contributed by atoms with Gasteiger partial charge in [-0.05, 0) is 37.0 Å². The van der Waals surface area contributed by atoms with Gasteiger partial charge in [0, 0.05) is 18.4 Å². The molecule has 22 heavy (non-hydrogen) atoms. The molecule has 0 bridgehead atoms. The van der Waals surface area contributed by atoms with Crippen LogP contribution in [0.15, 0.2) is 30.3 Å². The minimum absolute atomic E-state index is 0.230. The van der Waals surface area contributed by atoms with E-state index in [0.29, 0.717) is 6.42 Å². The summed E-state index contributed by atoms with van der Waals surface area (Å²) in [5.41, 5.74) is 2.16. The van der Waals surface area contributed by atoms with Crippen LogP contribution in [-0.2, 0) is 4.79 Å². The number of rotatable bonds is 9. The number of carboxylic acid groups (broad SMARTS) is 1. The smallest absolute Gasteiger partial charge is 0.303 e. The van der Waals surface area contributed by atoms with Gasteiger partial charge in [0.15, 0.2) is 0 Å². The lowest BCUT2D eigenvalue weighted by Gasteiger charge is -1.96. The van der Waals surface area contributed by atoms with Crippen molar-refractivity contribution in [2.24, 2.45) is 0 Å². The Morgan fingerprint density at radius 2 is 2.09 bits per heavy atom. The van der Waals surface area contributed by atoms with Gasteiger partial charge in [-0.1, -0.05) is 62.3 Å². The van der Waals surface area contributed by atoms with Crippen LogP contribution in [-0.4, -0.2) is 11.1 Å². The molecule has 1 N–H and O–H groups in total. The van der Waals surface area contributed by atoms with Crippen LogP contribution in [0.25, 0.3) is 6.08 Å². The second-order valence-electron chi connectivity index (χ2n) is 5.43. The zero-order chi connectivity index (χ0) is 16.0. The highest BCUT2D eigenvalue weighted by Gasteiger charge is 1.94. The molecule has 0 aliphatic rings. The number of aliphatic carboxylic acids is 1. The van der Waals surface area contributed by atoms with Gasteiger partial charge in [-0.2, -0.15) is 0 Å². The molecule has 2 nitrogen and oxygen atoms in total. The Hall–Kier alpha value is -2.01. The number of allylic oxidation sites excluding steroid dienone is 1. The maximum atomic E-state index is 10.4. The first-order chi connectivity index (χ1) is 10.7. The molecular weight excluding hydrogens is 272 g/mol. The van der Waals surface area contributed by atoms with Gasteiger partial charge in [0.2, 0.25) is 0 Å². The molecule has 0 fully saturated rings. The average Bonchev–Trinajstić information content (AvgIpc) is 2.50. The number of hydrogen-bond donors (Lipinski definition) is 1. The second kappa shape index (κ2) is 11.6. The maximum Gasteiger partial charge on any atom is 0.303 e. The highest BCUT2D eigenvalue weighted by Crippen LogP contribution is 2.08. The fourth-order valence-corrected chi connectivity index (χ4v) is 2.12. The van der Waals surface area contributed by atoms with Gasteiger partial charge >= 0.3 is 5.97 Å². The predicted molar refractivity (Wildman–Crippen MR) is 92.6 cm³/mol. The first kappa shape index (κ1) is 18.0. The van der Waals surface area contributed by atoms with E-state index in [1.165, 1.54) is 25.7 Å². The summed E-state index contributed by atoms with van der Waals surface area (Å²) in [7, 11) is 0. The van der Waals surface area contributed by atoms with Crippen LogP contribution in [0.5, 0.6) is 0 Å². The van der Waals surface area contributed by atoms with Crippen LogP contribution < -0.4 is 0 Å². The molecule has 2 heteroatoms. The quantitative estimate of drug-likeness (QED) is 0.497. The maximum absolute atomic E-state index is 10.4. The molecule has 1 rings (SSSR count). The largest absolute Gasteiger partial charge is 0.481 e. The monoisotopic (exact) mass is 298 g/mol. The SMILES string of the molecule is CCCCCCC#Cc1cccc(/C=C/CCCC(=O)O)c1. The Bertz CT molecular complexity index is 532. The van der Waals surface area contributed by atoms with Crippen molar-refractivity contribution in [1.29, 1.82) is 0 Å². The molecule has 0 spiro atoms. The molecule has 0 unspecified atom stereocenters. The molecule has 0 saturated heterocycles. The van der Waals surface area contributed by atoms with Crippen molar-refractivity contribution in [3.8, 4) is 11.8 Å². The van der Waals surface area contributed by atoms with Gasteiger partial charge < -0.3 is 5.11 Å². The van der Waals surface area contributed by atoms with Crippen molar-refractivity contribution in [3.63, 3.8) is 0 Å². The van der Waals surface area contributed by atoms with E-state index in [0.717, 1.165) is 24.0 Å². The van der Waals surface area contributed by atoms with Crippen LogP contribution in [0, 0.1) is 11.8 Å². The third-order valence-electron chi connectivity index (χ3n) is 3.35. The van der Waals surface area contributed by atoms with E-state index in [4.69, 9.17) is 5.11 Å². The van der Waals surface area contributed by atoms with Crippen molar-refractivity contribution in [1.82, 2.24) is 0 Å². The second-order valence-corrected chi connectivity index (χ2v) is 5.43. The van der Waals surface area contributed by atoms with Crippen LogP contribution in [0.3, 0.4) is 0 Å². The summed E-state index contributed by atoms with van der Waals surface area (Å²) in [5.74, 6) is 5.72. The zero-order valence-corrected chi connectivity index (χ0v) is 13.5. The van der Waals surface area contributed by atoms with Gasteiger partial charge in [-0.25, -0.2) is 0 Å². The van der Waals surface area contributed by atoms with Gasteiger partial charge in [-0.3, -0.25) is 4.79 Å². The van der Waals surface area contributed by atoms with E-state index in [2.05, 4.69) is 24.8 Å². The van der Waals surface area contributed by atoms with Crippen LogP contribution in [0.2, 0.25) is 0 Å². The summed E-state index contributed by atoms with van der Waals surface area (Å²) in [6.07, 6.45) is 11.7. The molecule has 1 aromatic rings. The Kier molecular flexibility index (Phi) is 9.54. The topological polar surface area (TPSA) is 37.3 Å². The van der Waals surface area contributed by atoms with E-state index in [1.807, 2.05) is 30.4 Å². The lowest BCUT2D eigenvalue weighted by atomic mass is 10.1. The third-order valence-corrected chi connectivity index (χ3v) is 3.35. The normalized spacial score (nSPS) is 10.4. The van der Waals surface area contributed by atoms with E-state index in [1.54, 1.807) is 0 Å². The summed E-state index contributed by atoms with van der Waals surface area (Å²) in [4.78, 5) is 10.4. The van der Waals surface area contributed by atoms with Crippen LogP contribution in [0.1, 0.15) is 69.4 Å². The van der Waals surface area contributed by atoms with E-state index in [-0.39, 0.29) is 6.42 Å². The van der Waals surface area contributed by atoms with Crippen molar-refractivity contribution >= 4 is 12.0 Å². The number of hydrogen-bond acceptors (Lipinski definition) is 1. The molecular formula is C20H26O2. The minimum Gasteiger partial charge on any atom is -0.481 e. The van der Waals surface area contributed by atoms with Crippen LogP contribution in [0.4, 0.5) is 0 Å². The standard InChI is InChI=1S/C20H26O2/c1-2-3-4-5-6-8-12-18-14-11-15-19(17-18)13-9-7-10-16-20(21)22/h9,11,13-15,17H,2-7,10,16H2,1H3,(H,21,22)/b13-9+. The fraction of sp³-hybridized carbons (Fsp3) is 0.450. The summed E-state index contributed by atoms with van der Waals surface area (Å²) in [5, 5.41) is 8.58. The van der Waals surface area contributed by atoms with Crippen molar-refractivity contribution < 1.29 is 9.90 Å². The summed E-state index contributed by atoms with van der Waals surface area (Å²) >= 11 is 0. The summed E-state index contributed by atoms with van der Waals surface area (Å²) < 4.78 is 0. The highest BCUT2D eigenvalue weighted by atomic mass is 16.4. The molecule has 0 heterocycles. The molecule has 0 aliphatic heterocycles. The predicted octanol–water partition coefficient (Wildman–Crippen LogP) is 5.28. The summed E-state index contributed by atoms with van der Waals surface area (Å²) in [6, 6.07) is 8.16. The minimum atomic E-state index is -0.732. The molecule has 0 aromatic heterocycles. The molecule has 0 amide bonds. The average molecular weight is 298 g/mol. The zero-order valence-electron chi connectivity index (χ0n) is 13.5. The molecule has 0 saturated carbocycles. The summed E-state index contributed by atoms with van der Waals surface area (Å²) in [6.45, 7) is 2.21. The first-order valence-electron chi connectivity index (χ1n) is 8.19.